The SMILES string of the molecule is Nc1nnn(-c2cc(Cl)cc(Cl)c2)c1C1CC1. The summed E-state index contributed by atoms with van der Waals surface area (Å²) in [6, 6.07) is 5.28. The fraction of sp³-hybridized carbons (Fsp3) is 0.273. The summed E-state index contributed by atoms with van der Waals surface area (Å²) in [5.41, 5.74) is 7.60. The van der Waals surface area contributed by atoms with E-state index in [9.17, 15) is 0 Å². The predicted octanol–water partition coefficient (Wildman–Crippen LogP) is 3.03. The van der Waals surface area contributed by atoms with Crippen molar-refractivity contribution in [2.45, 2.75) is 18.8 Å². The topological polar surface area (TPSA) is 56.7 Å². The van der Waals surface area contributed by atoms with Crippen molar-refractivity contribution in [1.82, 2.24) is 15.0 Å². The molecule has 0 saturated heterocycles. The Morgan fingerprint density at radius 2 is 1.82 bits per heavy atom. The Morgan fingerprint density at radius 1 is 1.18 bits per heavy atom. The summed E-state index contributed by atoms with van der Waals surface area (Å²) in [7, 11) is 0. The average Bonchev–Trinajstić information content (AvgIpc) is 3.01. The van der Waals surface area contributed by atoms with E-state index in [1.807, 2.05) is 0 Å². The van der Waals surface area contributed by atoms with Crippen LogP contribution in [-0.2, 0) is 0 Å². The maximum Gasteiger partial charge on any atom is 0.169 e. The van der Waals surface area contributed by atoms with Gasteiger partial charge in [0, 0.05) is 16.0 Å². The van der Waals surface area contributed by atoms with E-state index in [0.717, 1.165) is 24.2 Å². The molecule has 1 aliphatic rings. The van der Waals surface area contributed by atoms with E-state index < -0.39 is 0 Å². The number of halogens is 2. The molecular weight excluding hydrogens is 259 g/mol. The van der Waals surface area contributed by atoms with Gasteiger partial charge in [-0.3, -0.25) is 0 Å². The van der Waals surface area contributed by atoms with Gasteiger partial charge >= 0.3 is 0 Å². The molecule has 0 bridgehead atoms. The number of rotatable bonds is 2. The molecule has 1 aromatic carbocycles. The van der Waals surface area contributed by atoms with Crippen molar-refractivity contribution in [3.8, 4) is 5.69 Å². The van der Waals surface area contributed by atoms with Crippen molar-refractivity contribution in [3.05, 3.63) is 33.9 Å². The third kappa shape index (κ3) is 1.98. The second-order valence-electron chi connectivity index (χ2n) is 4.17. The molecule has 0 spiro atoms. The van der Waals surface area contributed by atoms with Gasteiger partial charge in [0.25, 0.3) is 0 Å². The number of hydrogen-bond acceptors (Lipinski definition) is 3. The molecule has 2 N–H and O–H groups in total. The zero-order valence-corrected chi connectivity index (χ0v) is 10.4. The first-order chi connectivity index (χ1) is 8.15. The predicted molar refractivity (Wildman–Crippen MR) is 67.8 cm³/mol. The Kier molecular flexibility index (Phi) is 2.49. The molecule has 1 fully saturated rings. The molecule has 1 heterocycles. The molecular formula is C11H10Cl2N4. The summed E-state index contributed by atoms with van der Waals surface area (Å²) in [5, 5.41) is 9.12. The molecule has 17 heavy (non-hydrogen) atoms. The fourth-order valence-electron chi connectivity index (χ4n) is 1.89. The fourth-order valence-corrected chi connectivity index (χ4v) is 2.41. The van der Waals surface area contributed by atoms with E-state index in [4.69, 9.17) is 28.9 Å². The van der Waals surface area contributed by atoms with Gasteiger partial charge in [0.15, 0.2) is 5.82 Å². The van der Waals surface area contributed by atoms with Crippen LogP contribution in [0, 0.1) is 0 Å². The van der Waals surface area contributed by atoms with E-state index >= 15 is 0 Å². The second kappa shape index (κ2) is 3.89. The Balaban J connectivity index is 2.14. The van der Waals surface area contributed by atoms with Crippen LogP contribution < -0.4 is 5.73 Å². The van der Waals surface area contributed by atoms with Crippen LogP contribution in [0.15, 0.2) is 18.2 Å². The summed E-state index contributed by atoms with van der Waals surface area (Å²) >= 11 is 12.0. The molecule has 4 nitrogen and oxygen atoms in total. The Bertz CT molecular complexity index is 555. The summed E-state index contributed by atoms with van der Waals surface area (Å²) in [6.45, 7) is 0. The lowest BCUT2D eigenvalue weighted by molar-refractivity contribution is 0.764. The quantitative estimate of drug-likeness (QED) is 0.911. The number of nitrogens with two attached hydrogens (primary N) is 1. The monoisotopic (exact) mass is 268 g/mol. The van der Waals surface area contributed by atoms with Gasteiger partial charge in [-0.2, -0.15) is 0 Å². The number of nitrogens with zero attached hydrogens (tertiary/aromatic N) is 3. The standard InChI is InChI=1S/C11H10Cl2N4/c12-7-3-8(13)5-9(4-7)17-10(6-1-2-6)11(14)15-16-17/h3-6H,1-2,14H2. The summed E-state index contributed by atoms with van der Waals surface area (Å²) in [6.07, 6.45) is 2.26. The molecule has 0 amide bonds. The first kappa shape index (κ1) is 10.9. The van der Waals surface area contributed by atoms with Gasteiger partial charge in [0.1, 0.15) is 0 Å². The van der Waals surface area contributed by atoms with Crippen LogP contribution in [0.3, 0.4) is 0 Å². The highest BCUT2D eigenvalue weighted by molar-refractivity contribution is 6.34. The highest BCUT2D eigenvalue weighted by Gasteiger charge is 2.31. The molecule has 1 aromatic heterocycles. The minimum atomic E-state index is 0.461. The Morgan fingerprint density at radius 3 is 2.41 bits per heavy atom. The maximum absolute atomic E-state index is 5.98. The Labute approximate surface area is 108 Å². The van der Waals surface area contributed by atoms with E-state index in [0.29, 0.717) is 21.8 Å². The first-order valence-electron chi connectivity index (χ1n) is 5.32. The van der Waals surface area contributed by atoms with Crippen LogP contribution in [0.1, 0.15) is 24.5 Å². The van der Waals surface area contributed by atoms with Crippen LogP contribution in [-0.4, -0.2) is 15.0 Å². The van der Waals surface area contributed by atoms with E-state index in [1.165, 1.54) is 0 Å². The lowest BCUT2D eigenvalue weighted by Gasteiger charge is -2.06. The Hall–Kier alpha value is -1.26. The van der Waals surface area contributed by atoms with Crippen LogP contribution >= 0.6 is 23.2 Å². The van der Waals surface area contributed by atoms with Gasteiger partial charge in [0.05, 0.1) is 11.4 Å². The second-order valence-corrected chi connectivity index (χ2v) is 5.05. The number of benzene rings is 1. The van der Waals surface area contributed by atoms with Crippen molar-refractivity contribution < 1.29 is 0 Å². The molecule has 0 atom stereocenters. The number of anilines is 1. The van der Waals surface area contributed by atoms with Crippen molar-refractivity contribution in [2.24, 2.45) is 0 Å². The zero-order valence-electron chi connectivity index (χ0n) is 8.90. The van der Waals surface area contributed by atoms with Crippen LogP contribution in [0.5, 0.6) is 0 Å². The third-order valence-electron chi connectivity index (χ3n) is 2.79. The normalized spacial score (nSPS) is 15.2. The number of nitrogen functional groups attached to an aromatic ring is 1. The first-order valence-corrected chi connectivity index (χ1v) is 6.08. The molecule has 3 rings (SSSR count). The third-order valence-corrected chi connectivity index (χ3v) is 3.22. The van der Waals surface area contributed by atoms with Crippen molar-refractivity contribution in [1.29, 1.82) is 0 Å². The van der Waals surface area contributed by atoms with Crippen LogP contribution in [0.2, 0.25) is 10.0 Å². The van der Waals surface area contributed by atoms with Crippen molar-refractivity contribution in [3.63, 3.8) is 0 Å². The lowest BCUT2D eigenvalue weighted by atomic mass is 10.2. The average molecular weight is 269 g/mol. The lowest BCUT2D eigenvalue weighted by Crippen LogP contribution is -2.02. The van der Waals surface area contributed by atoms with Gasteiger partial charge in [0.2, 0.25) is 0 Å². The van der Waals surface area contributed by atoms with Gasteiger partial charge in [-0.25, -0.2) is 4.68 Å². The summed E-state index contributed by atoms with van der Waals surface area (Å²) in [4.78, 5) is 0. The van der Waals surface area contributed by atoms with Crippen LogP contribution in [0.25, 0.3) is 5.69 Å². The van der Waals surface area contributed by atoms with Crippen LogP contribution in [0.4, 0.5) is 5.82 Å². The molecule has 0 aliphatic heterocycles. The van der Waals surface area contributed by atoms with Crippen molar-refractivity contribution in [2.75, 3.05) is 5.73 Å². The minimum absolute atomic E-state index is 0.461. The van der Waals surface area contributed by atoms with Gasteiger partial charge in [-0.1, -0.05) is 28.4 Å². The summed E-state index contributed by atoms with van der Waals surface area (Å²) in [5.74, 6) is 0.950. The number of hydrogen-bond donors (Lipinski definition) is 1. The molecule has 1 aliphatic carbocycles. The molecule has 2 aromatic rings. The van der Waals surface area contributed by atoms with E-state index in [1.54, 1.807) is 22.9 Å². The smallest absolute Gasteiger partial charge is 0.169 e. The highest BCUT2D eigenvalue weighted by atomic mass is 35.5. The zero-order chi connectivity index (χ0) is 12.0. The molecule has 6 heteroatoms. The molecule has 0 unspecified atom stereocenters. The van der Waals surface area contributed by atoms with E-state index in [-0.39, 0.29) is 0 Å². The molecule has 88 valence electrons. The van der Waals surface area contributed by atoms with Crippen molar-refractivity contribution >= 4 is 29.0 Å². The minimum Gasteiger partial charge on any atom is -0.381 e. The van der Waals surface area contributed by atoms with Gasteiger partial charge < -0.3 is 5.73 Å². The maximum atomic E-state index is 5.98. The highest BCUT2D eigenvalue weighted by Crippen LogP contribution is 2.42. The number of aromatic nitrogens is 3. The molecule has 1 saturated carbocycles. The van der Waals surface area contributed by atoms with E-state index in [2.05, 4.69) is 10.3 Å². The molecule has 0 radical (unpaired) electrons. The largest absolute Gasteiger partial charge is 0.381 e. The summed E-state index contributed by atoms with van der Waals surface area (Å²) < 4.78 is 1.73. The van der Waals surface area contributed by atoms with Gasteiger partial charge in [-0.05, 0) is 31.0 Å². The van der Waals surface area contributed by atoms with Gasteiger partial charge in [-0.15, -0.1) is 5.10 Å².